The first-order valence-corrected chi connectivity index (χ1v) is 7.35. The summed E-state index contributed by atoms with van der Waals surface area (Å²) in [5.41, 5.74) is 0.330. The van der Waals surface area contributed by atoms with Crippen LogP contribution in [-0.4, -0.2) is 32.3 Å². The summed E-state index contributed by atoms with van der Waals surface area (Å²) in [4.78, 5) is 13.6. The van der Waals surface area contributed by atoms with Gasteiger partial charge >= 0.3 is 0 Å². The quantitative estimate of drug-likeness (QED) is 0.881. The number of benzene rings is 1. The summed E-state index contributed by atoms with van der Waals surface area (Å²) in [7, 11) is -3.78. The van der Waals surface area contributed by atoms with Crippen LogP contribution in [0.15, 0.2) is 27.6 Å². The number of primary sulfonamides is 1. The number of amides is 1. The summed E-state index contributed by atoms with van der Waals surface area (Å²) in [5, 5.41) is 5.03. The van der Waals surface area contributed by atoms with E-state index in [1.165, 1.54) is 18.2 Å². The van der Waals surface area contributed by atoms with Crippen LogP contribution in [0.2, 0.25) is 0 Å². The number of halogens is 1. The predicted molar refractivity (Wildman–Crippen MR) is 66.0 cm³/mol. The van der Waals surface area contributed by atoms with E-state index < -0.39 is 10.0 Å². The molecular weight excluding hydrogens is 308 g/mol. The molecule has 0 atom stereocenters. The molecule has 0 aromatic heterocycles. The Balaban J connectivity index is 2.42. The summed E-state index contributed by atoms with van der Waals surface area (Å²) in [6.45, 7) is 1.43. The molecule has 5 nitrogen and oxygen atoms in total. The average molecular weight is 319 g/mol. The number of carbonyl (C=O) groups excluding carboxylic acids is 1. The summed E-state index contributed by atoms with van der Waals surface area (Å²) in [6, 6.07) is 4.19. The maximum Gasteiger partial charge on any atom is 0.255 e. The van der Waals surface area contributed by atoms with Crippen LogP contribution in [0.3, 0.4) is 0 Å². The van der Waals surface area contributed by atoms with Gasteiger partial charge in [0.25, 0.3) is 5.91 Å². The molecule has 1 aliphatic rings. The zero-order chi connectivity index (χ0) is 12.6. The van der Waals surface area contributed by atoms with E-state index in [4.69, 9.17) is 5.14 Å². The highest BCUT2D eigenvalue weighted by atomic mass is 79.9. The van der Waals surface area contributed by atoms with Gasteiger partial charge in [-0.25, -0.2) is 13.6 Å². The molecule has 2 N–H and O–H groups in total. The van der Waals surface area contributed by atoms with E-state index >= 15 is 0 Å². The second-order valence-electron chi connectivity index (χ2n) is 3.83. The van der Waals surface area contributed by atoms with Gasteiger partial charge in [0.05, 0.1) is 10.5 Å². The minimum absolute atomic E-state index is 0.0513. The van der Waals surface area contributed by atoms with Crippen molar-refractivity contribution >= 4 is 31.9 Å². The molecule has 1 amide bonds. The highest BCUT2D eigenvalue weighted by Gasteiger charge is 2.24. The number of rotatable bonds is 2. The number of hydrogen-bond donors (Lipinski definition) is 1. The molecule has 0 radical (unpaired) electrons. The zero-order valence-electron chi connectivity index (χ0n) is 8.89. The van der Waals surface area contributed by atoms with Crippen molar-refractivity contribution in [3.8, 4) is 0 Å². The number of carbonyl (C=O) groups is 1. The molecule has 1 aromatic rings. The molecule has 1 saturated heterocycles. The van der Waals surface area contributed by atoms with E-state index in [1.54, 1.807) is 4.90 Å². The number of nitrogens with two attached hydrogens (primary N) is 1. The monoisotopic (exact) mass is 318 g/mol. The zero-order valence-corrected chi connectivity index (χ0v) is 11.3. The predicted octanol–water partition coefficient (Wildman–Crippen LogP) is 0.942. The van der Waals surface area contributed by atoms with E-state index in [0.717, 1.165) is 6.42 Å². The highest BCUT2D eigenvalue weighted by Crippen LogP contribution is 2.23. The van der Waals surface area contributed by atoms with Gasteiger partial charge in [0.15, 0.2) is 0 Å². The van der Waals surface area contributed by atoms with E-state index in [2.05, 4.69) is 15.9 Å². The van der Waals surface area contributed by atoms with E-state index in [9.17, 15) is 13.2 Å². The van der Waals surface area contributed by atoms with E-state index in [0.29, 0.717) is 23.1 Å². The second kappa shape index (κ2) is 4.40. The molecule has 17 heavy (non-hydrogen) atoms. The summed E-state index contributed by atoms with van der Waals surface area (Å²) >= 11 is 3.24. The van der Waals surface area contributed by atoms with Crippen molar-refractivity contribution in [1.82, 2.24) is 4.90 Å². The summed E-state index contributed by atoms with van der Waals surface area (Å²) in [5.74, 6) is -0.173. The average Bonchev–Trinajstić information content (AvgIpc) is 2.13. The molecule has 0 saturated carbocycles. The number of hydrogen-bond acceptors (Lipinski definition) is 3. The number of sulfonamides is 1. The van der Waals surface area contributed by atoms with Crippen LogP contribution in [0.1, 0.15) is 16.8 Å². The van der Waals surface area contributed by atoms with Crippen molar-refractivity contribution in [2.75, 3.05) is 13.1 Å². The Morgan fingerprint density at radius 1 is 1.35 bits per heavy atom. The van der Waals surface area contributed by atoms with Crippen LogP contribution < -0.4 is 5.14 Å². The van der Waals surface area contributed by atoms with Crippen molar-refractivity contribution in [1.29, 1.82) is 0 Å². The minimum atomic E-state index is -3.78. The third-order valence-corrected chi connectivity index (χ3v) is 4.24. The van der Waals surface area contributed by atoms with Crippen molar-refractivity contribution < 1.29 is 13.2 Å². The van der Waals surface area contributed by atoms with Gasteiger partial charge in [0, 0.05) is 17.6 Å². The van der Waals surface area contributed by atoms with Crippen LogP contribution in [0.4, 0.5) is 0 Å². The lowest BCUT2D eigenvalue weighted by molar-refractivity contribution is 0.0650. The third-order valence-electron chi connectivity index (χ3n) is 2.64. The largest absolute Gasteiger partial charge is 0.338 e. The molecule has 1 heterocycles. The van der Waals surface area contributed by atoms with Crippen LogP contribution in [0.25, 0.3) is 0 Å². The van der Waals surface area contributed by atoms with Gasteiger partial charge in [-0.05, 0) is 40.5 Å². The van der Waals surface area contributed by atoms with Crippen molar-refractivity contribution in [3.05, 3.63) is 28.2 Å². The Bertz CT molecular complexity index is 567. The van der Waals surface area contributed by atoms with Gasteiger partial charge < -0.3 is 4.90 Å². The second-order valence-corrected chi connectivity index (χ2v) is 6.25. The fourth-order valence-electron chi connectivity index (χ4n) is 1.53. The topological polar surface area (TPSA) is 80.5 Å². The van der Waals surface area contributed by atoms with E-state index in [-0.39, 0.29) is 10.8 Å². The lowest BCUT2D eigenvalue weighted by Crippen LogP contribution is -2.42. The van der Waals surface area contributed by atoms with Gasteiger partial charge in [-0.1, -0.05) is 0 Å². The maximum absolute atomic E-state index is 12.0. The highest BCUT2D eigenvalue weighted by molar-refractivity contribution is 9.10. The Hall–Kier alpha value is -0.920. The molecular formula is C10H11BrN2O3S. The molecule has 92 valence electrons. The van der Waals surface area contributed by atoms with Gasteiger partial charge in [-0.2, -0.15) is 0 Å². The van der Waals surface area contributed by atoms with Gasteiger partial charge in [-0.3, -0.25) is 4.79 Å². The Morgan fingerprint density at radius 2 is 2.00 bits per heavy atom. The summed E-state index contributed by atoms with van der Waals surface area (Å²) in [6.07, 6.45) is 0.984. The first-order valence-electron chi connectivity index (χ1n) is 5.01. The molecule has 1 fully saturated rings. The summed E-state index contributed by atoms with van der Waals surface area (Å²) < 4.78 is 23.0. The van der Waals surface area contributed by atoms with Crippen molar-refractivity contribution in [2.45, 2.75) is 11.3 Å². The molecule has 0 aliphatic carbocycles. The fraction of sp³-hybridized carbons (Fsp3) is 0.300. The lowest BCUT2D eigenvalue weighted by Gasteiger charge is -2.31. The van der Waals surface area contributed by atoms with Gasteiger partial charge in [0.1, 0.15) is 0 Å². The molecule has 1 aliphatic heterocycles. The van der Waals surface area contributed by atoms with Gasteiger partial charge in [-0.15, -0.1) is 0 Å². The molecule has 7 heteroatoms. The Morgan fingerprint density at radius 3 is 2.47 bits per heavy atom. The minimum Gasteiger partial charge on any atom is -0.338 e. The normalized spacial score (nSPS) is 15.5. The first kappa shape index (κ1) is 12.5. The van der Waals surface area contributed by atoms with E-state index in [1.807, 2.05) is 0 Å². The third kappa shape index (κ3) is 2.51. The first-order chi connectivity index (χ1) is 7.89. The van der Waals surface area contributed by atoms with Crippen LogP contribution >= 0.6 is 15.9 Å². The fourth-order valence-corrected chi connectivity index (χ4v) is 2.49. The van der Waals surface area contributed by atoms with Crippen LogP contribution in [-0.2, 0) is 10.0 Å². The molecule has 1 aromatic carbocycles. The van der Waals surface area contributed by atoms with Crippen molar-refractivity contribution in [3.63, 3.8) is 0 Å². The molecule has 2 rings (SSSR count). The molecule has 0 spiro atoms. The van der Waals surface area contributed by atoms with Crippen LogP contribution in [0, 0.1) is 0 Å². The standard InChI is InChI=1S/C10H11BrN2O3S/c11-9-3-2-7(17(12,15)16)6-8(9)10(14)13-4-1-5-13/h2-3,6H,1,4-5H2,(H2,12,15,16). The van der Waals surface area contributed by atoms with Crippen molar-refractivity contribution in [2.24, 2.45) is 5.14 Å². The molecule has 0 bridgehead atoms. The Kier molecular flexibility index (Phi) is 3.24. The smallest absolute Gasteiger partial charge is 0.255 e. The molecule has 0 unspecified atom stereocenters. The maximum atomic E-state index is 12.0. The van der Waals surface area contributed by atoms with Crippen LogP contribution in [0.5, 0.6) is 0 Å². The Labute approximate surface area is 108 Å². The van der Waals surface area contributed by atoms with Gasteiger partial charge in [0.2, 0.25) is 10.0 Å². The number of likely N-dealkylation sites (tertiary alicyclic amines) is 1. The SMILES string of the molecule is NS(=O)(=O)c1ccc(Br)c(C(=O)N2CCC2)c1. The number of nitrogens with zero attached hydrogens (tertiary/aromatic N) is 1. The lowest BCUT2D eigenvalue weighted by atomic mass is 10.1.